The third kappa shape index (κ3) is 10.2. The van der Waals surface area contributed by atoms with Gasteiger partial charge in [-0.2, -0.15) is 0 Å². The van der Waals surface area contributed by atoms with Crippen LogP contribution in [0.2, 0.25) is 0 Å². The minimum Gasteiger partial charge on any atom is -0.450 e. The van der Waals surface area contributed by atoms with Crippen LogP contribution in [-0.4, -0.2) is 109 Å². The number of urea groups is 1. The van der Waals surface area contributed by atoms with Gasteiger partial charge in [-0.15, -0.1) is 0 Å². The molecule has 2 atom stereocenters. The molecule has 49 heavy (non-hydrogen) atoms. The molecule has 2 aromatic rings. The van der Waals surface area contributed by atoms with Gasteiger partial charge in [0.15, 0.2) is 0 Å². The fraction of sp³-hybridized carbons (Fsp3) is 0.424. The van der Waals surface area contributed by atoms with Gasteiger partial charge in [0.2, 0.25) is 17.8 Å². The van der Waals surface area contributed by atoms with E-state index in [1.165, 1.54) is 16.8 Å². The number of aliphatic imine (C=N–C) groups is 1. The molecule has 262 valence electrons. The van der Waals surface area contributed by atoms with E-state index in [-0.39, 0.29) is 71.3 Å². The maximum atomic E-state index is 13.3. The minimum absolute atomic E-state index is 0.0145. The number of piperazine rings is 1. The molecule has 2 fully saturated rings. The van der Waals surface area contributed by atoms with Gasteiger partial charge in [0.25, 0.3) is 0 Å². The molecule has 16 nitrogen and oxygen atoms in total. The summed E-state index contributed by atoms with van der Waals surface area (Å²) in [5.74, 6) is -1.99. The van der Waals surface area contributed by atoms with Crippen LogP contribution in [0.5, 0.6) is 0 Å². The van der Waals surface area contributed by atoms with Crippen molar-refractivity contribution in [2.45, 2.75) is 39.0 Å². The molecule has 0 radical (unpaired) electrons. The monoisotopic (exact) mass is 679 g/mol. The maximum Gasteiger partial charge on any atom is 0.414 e. The number of hydrogen-bond acceptors (Lipinski definition) is 10. The van der Waals surface area contributed by atoms with E-state index in [2.05, 4.69) is 20.9 Å². The average Bonchev–Trinajstić information content (AvgIpc) is 3.12. The largest absolute Gasteiger partial charge is 0.450 e. The molecule has 16 heteroatoms. The number of likely N-dealkylation sites (tertiary alicyclic amines) is 1. The van der Waals surface area contributed by atoms with Crippen molar-refractivity contribution in [3.05, 3.63) is 71.8 Å². The fourth-order valence-electron chi connectivity index (χ4n) is 5.26. The highest BCUT2D eigenvalue weighted by molar-refractivity contribution is 6.09. The smallest absolute Gasteiger partial charge is 0.414 e. The zero-order chi connectivity index (χ0) is 35.2. The third-order valence-corrected chi connectivity index (χ3v) is 7.82. The van der Waals surface area contributed by atoms with E-state index in [0.717, 1.165) is 16.0 Å². The number of rotatable bonds is 10. The zero-order valence-electron chi connectivity index (χ0n) is 27.5. The second-order valence-corrected chi connectivity index (χ2v) is 11.1. The predicted octanol–water partition coefficient (Wildman–Crippen LogP) is 2.44. The molecule has 0 spiro atoms. The number of amides is 7. The Morgan fingerprint density at radius 3 is 1.84 bits per heavy atom. The van der Waals surface area contributed by atoms with E-state index in [9.17, 15) is 28.8 Å². The lowest BCUT2D eigenvalue weighted by atomic mass is 9.83. The number of likely N-dealkylation sites (N-methyl/N-ethyl adjacent to an activating group) is 1. The van der Waals surface area contributed by atoms with E-state index >= 15 is 0 Å². The molecule has 0 aliphatic carbocycles. The molecule has 4 rings (SSSR count). The number of benzene rings is 2. The Morgan fingerprint density at radius 1 is 0.796 bits per heavy atom. The highest BCUT2D eigenvalue weighted by Gasteiger charge is 2.54. The third-order valence-electron chi connectivity index (χ3n) is 7.82. The summed E-state index contributed by atoms with van der Waals surface area (Å²) in [6.07, 6.45) is -1.73. The summed E-state index contributed by atoms with van der Waals surface area (Å²) in [4.78, 5) is 84.4. The number of alkyl carbamates (subject to hydrolysis) is 2. The van der Waals surface area contributed by atoms with Crippen molar-refractivity contribution in [3.8, 4) is 0 Å². The van der Waals surface area contributed by atoms with E-state index in [0.29, 0.717) is 0 Å². The first kappa shape index (κ1) is 36.2. The lowest BCUT2D eigenvalue weighted by molar-refractivity contribution is -0.158. The number of carbonyl (C=O) groups is 6. The fourth-order valence-corrected chi connectivity index (χ4v) is 5.26. The lowest BCUT2D eigenvalue weighted by Gasteiger charge is -2.47. The van der Waals surface area contributed by atoms with Crippen LogP contribution in [-0.2, 0) is 37.0 Å². The predicted molar refractivity (Wildman–Crippen MR) is 175 cm³/mol. The van der Waals surface area contributed by atoms with Gasteiger partial charge in [0.05, 0.1) is 12.5 Å². The summed E-state index contributed by atoms with van der Waals surface area (Å²) < 4.78 is 15.5. The Bertz CT molecular complexity index is 1440. The summed E-state index contributed by atoms with van der Waals surface area (Å²) >= 11 is 0. The number of hydrogen-bond donors (Lipinski definition) is 3. The van der Waals surface area contributed by atoms with Crippen molar-refractivity contribution in [2.24, 2.45) is 10.9 Å². The van der Waals surface area contributed by atoms with Gasteiger partial charge in [-0.25, -0.2) is 19.2 Å². The molecule has 0 saturated carbocycles. The quantitative estimate of drug-likeness (QED) is 0.111. The molecule has 0 aromatic heterocycles. The van der Waals surface area contributed by atoms with Gasteiger partial charge < -0.3 is 29.3 Å². The van der Waals surface area contributed by atoms with E-state index in [1.807, 2.05) is 12.1 Å². The summed E-state index contributed by atoms with van der Waals surface area (Å²) in [5, 5.41) is 7.33. The standard InChI is InChI=1S/C33H41N7O9/c1-3-47-33(46)39-19-17-38(18-20-39)32(45)40-26(27(41)34-2)25(28(40)42)15-10-16-35-29(36-30(43)48-21-23-11-6-4-7-12-23)37-31(44)49-22-24-13-8-5-9-14-24/h4-9,11-14,25-26H,3,10,15-22H2,1-2H3,(H,34,41)(H2,35,36,37,43,44). The number of nitrogens with one attached hydrogen (secondary N) is 3. The molecule has 7 amide bonds. The van der Waals surface area contributed by atoms with Crippen molar-refractivity contribution >= 4 is 42.1 Å². The van der Waals surface area contributed by atoms with E-state index < -0.39 is 48.1 Å². The number of nitrogens with zero attached hydrogens (tertiary/aromatic N) is 4. The van der Waals surface area contributed by atoms with Crippen LogP contribution in [0.4, 0.5) is 19.2 Å². The van der Waals surface area contributed by atoms with Gasteiger partial charge in [-0.1, -0.05) is 60.7 Å². The SMILES string of the molecule is CCOC(=O)N1CCN(C(=O)N2C(=O)C(CCCN=C(NC(=O)OCc3ccccc3)NC(=O)OCc3ccccc3)C2C(=O)NC)CC1. The van der Waals surface area contributed by atoms with Gasteiger partial charge in [0, 0.05) is 39.8 Å². The summed E-state index contributed by atoms with van der Waals surface area (Å²) in [6.45, 7) is 2.80. The molecular formula is C33H41N7O9. The van der Waals surface area contributed by atoms with E-state index in [4.69, 9.17) is 14.2 Å². The Kier molecular flexibility index (Phi) is 13.3. The van der Waals surface area contributed by atoms with Crippen molar-refractivity contribution in [1.82, 2.24) is 30.7 Å². The van der Waals surface area contributed by atoms with Gasteiger partial charge >= 0.3 is 24.3 Å². The van der Waals surface area contributed by atoms with Crippen LogP contribution < -0.4 is 16.0 Å². The van der Waals surface area contributed by atoms with E-state index in [1.54, 1.807) is 55.5 Å². The summed E-state index contributed by atoms with van der Waals surface area (Å²) in [5.41, 5.74) is 1.52. The second kappa shape index (κ2) is 18.0. The topological polar surface area (TPSA) is 188 Å². The van der Waals surface area contributed by atoms with Gasteiger partial charge in [-0.3, -0.25) is 30.1 Å². The van der Waals surface area contributed by atoms with Crippen LogP contribution >= 0.6 is 0 Å². The summed E-state index contributed by atoms with van der Waals surface area (Å²) in [7, 11) is 1.42. The van der Waals surface area contributed by atoms with Crippen LogP contribution in [0.25, 0.3) is 0 Å². The minimum atomic E-state index is -1.02. The van der Waals surface area contributed by atoms with Crippen LogP contribution in [0, 0.1) is 5.92 Å². The maximum absolute atomic E-state index is 13.3. The second-order valence-electron chi connectivity index (χ2n) is 11.1. The molecule has 2 aromatic carbocycles. The highest BCUT2D eigenvalue weighted by Crippen LogP contribution is 2.32. The van der Waals surface area contributed by atoms with Crippen molar-refractivity contribution in [3.63, 3.8) is 0 Å². The molecule has 2 saturated heterocycles. The summed E-state index contributed by atoms with van der Waals surface area (Å²) in [6, 6.07) is 16.4. The number of imide groups is 1. The van der Waals surface area contributed by atoms with Gasteiger partial charge in [0.1, 0.15) is 19.3 Å². The Balaban J connectivity index is 1.33. The van der Waals surface area contributed by atoms with Crippen LogP contribution in [0.3, 0.4) is 0 Å². The van der Waals surface area contributed by atoms with Gasteiger partial charge in [-0.05, 0) is 30.9 Å². The Hall–Kier alpha value is -5.67. The normalized spacial score (nSPS) is 16.9. The number of ether oxygens (including phenoxy) is 3. The first-order chi connectivity index (χ1) is 23.7. The number of guanidine groups is 1. The number of carbonyl (C=O) groups excluding carboxylic acids is 6. The van der Waals surface area contributed by atoms with Crippen molar-refractivity contribution in [2.75, 3.05) is 46.4 Å². The van der Waals surface area contributed by atoms with Crippen LogP contribution in [0.15, 0.2) is 65.7 Å². The zero-order valence-corrected chi connectivity index (χ0v) is 27.5. The lowest BCUT2D eigenvalue weighted by Crippen LogP contribution is -2.70. The molecular weight excluding hydrogens is 638 g/mol. The molecule has 0 bridgehead atoms. The first-order valence-electron chi connectivity index (χ1n) is 16.0. The molecule has 2 unspecified atom stereocenters. The molecule has 3 N–H and O–H groups in total. The molecule has 2 aliphatic rings. The van der Waals surface area contributed by atoms with Crippen LogP contribution in [0.1, 0.15) is 30.9 Å². The van der Waals surface area contributed by atoms with Crippen molar-refractivity contribution < 1.29 is 43.0 Å². The first-order valence-corrected chi connectivity index (χ1v) is 16.0. The van der Waals surface area contributed by atoms with Crippen molar-refractivity contribution in [1.29, 1.82) is 0 Å². The molecule has 2 heterocycles. The molecule has 2 aliphatic heterocycles. The Labute approximate surface area is 283 Å². The average molecular weight is 680 g/mol. The highest BCUT2D eigenvalue weighted by atomic mass is 16.6. The Morgan fingerprint density at radius 2 is 1.33 bits per heavy atom. The number of β-lactam (4-membered cyclic amide) rings is 1.